The lowest BCUT2D eigenvalue weighted by Crippen LogP contribution is -2.65. The van der Waals surface area contributed by atoms with Crippen molar-refractivity contribution in [1.82, 2.24) is 5.32 Å². The minimum atomic E-state index is -1.36. The zero-order valence-corrected chi connectivity index (χ0v) is 14.7. The lowest BCUT2D eigenvalue weighted by atomic mass is 9.94. The summed E-state index contributed by atoms with van der Waals surface area (Å²) in [6.07, 6.45) is -3.65. The average Bonchev–Trinajstić information content (AvgIpc) is 2.50. The maximum absolute atomic E-state index is 11.5. The summed E-state index contributed by atoms with van der Waals surface area (Å²) in [5, 5.41) is 6.00. The highest BCUT2D eigenvalue weighted by Crippen LogP contribution is 2.28. The molecule has 1 heterocycles. The van der Waals surface area contributed by atoms with Crippen LogP contribution in [0.15, 0.2) is 5.11 Å². The van der Waals surface area contributed by atoms with Crippen molar-refractivity contribution in [3.8, 4) is 0 Å². The first-order chi connectivity index (χ1) is 12.1. The Bertz CT molecular complexity index is 618. The van der Waals surface area contributed by atoms with Crippen molar-refractivity contribution in [2.24, 2.45) is 5.11 Å². The van der Waals surface area contributed by atoms with Crippen molar-refractivity contribution in [1.29, 1.82) is 0 Å². The van der Waals surface area contributed by atoms with E-state index in [9.17, 15) is 19.2 Å². The molecule has 5 atom stereocenters. The minimum absolute atomic E-state index is 0.346. The Morgan fingerprint density at radius 1 is 1.08 bits per heavy atom. The number of hydrogen-bond acceptors (Lipinski definition) is 9. The molecule has 12 heteroatoms. The summed E-state index contributed by atoms with van der Waals surface area (Å²) in [4.78, 5) is 48.1. The molecule has 1 aliphatic rings. The molecule has 0 radical (unpaired) electrons. The van der Waals surface area contributed by atoms with E-state index in [2.05, 4.69) is 15.3 Å². The van der Waals surface area contributed by atoms with Crippen LogP contribution in [0.1, 0.15) is 27.7 Å². The highest BCUT2D eigenvalue weighted by atomic mass is 16.7. The second-order valence-corrected chi connectivity index (χ2v) is 5.45. The summed E-state index contributed by atoms with van der Waals surface area (Å²) in [6.45, 7) is 4.26. The van der Waals surface area contributed by atoms with Gasteiger partial charge in [0.25, 0.3) is 0 Å². The SMILES string of the molecule is CC(=O)N[C@@H]1C(OC(C)=O)O[C@H](COC(C)=O)[C@@H](N=[N+]=[N-])[C@@H]1OC(C)=O. The first-order valence-corrected chi connectivity index (χ1v) is 7.60. The van der Waals surface area contributed by atoms with Gasteiger partial charge in [-0.05, 0) is 5.53 Å². The van der Waals surface area contributed by atoms with Gasteiger partial charge in [-0.1, -0.05) is 5.11 Å². The standard InChI is InChI=1S/C14H20N4O8/c1-6(19)16-12-13(24-8(3)21)11(17-18-15)10(5-23-7(2)20)26-14(12)25-9(4)22/h10-14H,5H2,1-4H3,(H,16,19)/t10-,11-,12+,13+,14?/m1/s1. The largest absolute Gasteiger partial charge is 0.463 e. The fraction of sp³-hybridized carbons (Fsp3) is 0.714. The second kappa shape index (κ2) is 9.59. The first-order valence-electron chi connectivity index (χ1n) is 7.60. The molecule has 1 fully saturated rings. The summed E-state index contributed by atoms with van der Waals surface area (Å²) >= 11 is 0. The fourth-order valence-electron chi connectivity index (χ4n) is 2.44. The number of esters is 3. The summed E-state index contributed by atoms with van der Waals surface area (Å²) in [5.41, 5.74) is 8.83. The molecule has 26 heavy (non-hydrogen) atoms. The zero-order chi connectivity index (χ0) is 19.9. The van der Waals surface area contributed by atoms with Gasteiger partial charge in [0.2, 0.25) is 12.2 Å². The number of rotatable bonds is 6. The Kier molecular flexibility index (Phi) is 7.81. The molecule has 0 bridgehead atoms. The second-order valence-electron chi connectivity index (χ2n) is 5.45. The topological polar surface area (TPSA) is 166 Å². The third-order valence-corrected chi connectivity index (χ3v) is 3.26. The van der Waals surface area contributed by atoms with Gasteiger partial charge in [-0.25, -0.2) is 0 Å². The number of amides is 1. The first kappa shape index (κ1) is 21.2. The van der Waals surface area contributed by atoms with E-state index in [0.717, 1.165) is 13.8 Å². The molecule has 1 N–H and O–H groups in total. The summed E-state index contributed by atoms with van der Waals surface area (Å²) < 4.78 is 20.6. The van der Waals surface area contributed by atoms with Gasteiger partial charge < -0.3 is 24.3 Å². The highest BCUT2D eigenvalue weighted by Gasteiger charge is 2.50. The molecule has 0 aromatic rings. The van der Waals surface area contributed by atoms with E-state index in [-0.39, 0.29) is 6.61 Å². The fourth-order valence-corrected chi connectivity index (χ4v) is 2.44. The molecule has 0 aromatic carbocycles. The van der Waals surface area contributed by atoms with Gasteiger partial charge >= 0.3 is 17.9 Å². The summed E-state index contributed by atoms with van der Waals surface area (Å²) in [6, 6.07) is -2.28. The maximum atomic E-state index is 11.5. The van der Waals surface area contributed by atoms with Crippen molar-refractivity contribution in [2.45, 2.75) is 58.3 Å². The normalized spacial score (nSPS) is 27.5. The van der Waals surface area contributed by atoms with Crippen LogP contribution in [-0.2, 0) is 38.1 Å². The Hall–Kier alpha value is -2.85. The van der Waals surface area contributed by atoms with Crippen molar-refractivity contribution < 1.29 is 38.1 Å². The van der Waals surface area contributed by atoms with Crippen molar-refractivity contribution in [2.75, 3.05) is 6.61 Å². The van der Waals surface area contributed by atoms with Gasteiger partial charge in [0.1, 0.15) is 30.9 Å². The van der Waals surface area contributed by atoms with Gasteiger partial charge in [-0.2, -0.15) is 0 Å². The smallest absolute Gasteiger partial charge is 0.305 e. The number of carbonyl (C=O) groups excluding carboxylic acids is 4. The Morgan fingerprint density at radius 3 is 2.15 bits per heavy atom. The molecule has 144 valence electrons. The van der Waals surface area contributed by atoms with E-state index in [1.807, 2.05) is 0 Å². The predicted octanol–water partition coefficient (Wildman–Crippen LogP) is -0.0472. The monoisotopic (exact) mass is 372 g/mol. The van der Waals surface area contributed by atoms with Crippen LogP contribution in [0.25, 0.3) is 10.4 Å². The third-order valence-electron chi connectivity index (χ3n) is 3.26. The zero-order valence-electron chi connectivity index (χ0n) is 14.7. The van der Waals surface area contributed by atoms with Crippen LogP contribution in [0.2, 0.25) is 0 Å². The van der Waals surface area contributed by atoms with Crippen LogP contribution in [0.5, 0.6) is 0 Å². The maximum Gasteiger partial charge on any atom is 0.305 e. The molecule has 1 aliphatic heterocycles. The molecular weight excluding hydrogens is 352 g/mol. The van der Waals surface area contributed by atoms with Crippen LogP contribution in [-0.4, -0.2) is 61.0 Å². The number of carbonyl (C=O) groups is 4. The predicted molar refractivity (Wildman–Crippen MR) is 83.2 cm³/mol. The van der Waals surface area contributed by atoms with E-state index in [1.165, 1.54) is 13.8 Å². The minimum Gasteiger partial charge on any atom is -0.463 e. The molecule has 1 rings (SSSR count). The number of nitrogens with one attached hydrogen (secondary N) is 1. The number of nitrogens with zero attached hydrogens (tertiary/aromatic N) is 3. The van der Waals surface area contributed by atoms with Gasteiger partial charge in [-0.3, -0.25) is 19.2 Å². The van der Waals surface area contributed by atoms with E-state index >= 15 is 0 Å². The molecule has 0 aliphatic carbocycles. The molecule has 1 saturated heterocycles. The summed E-state index contributed by atoms with van der Waals surface area (Å²) in [5.74, 6) is -2.59. The Morgan fingerprint density at radius 2 is 1.69 bits per heavy atom. The van der Waals surface area contributed by atoms with Crippen molar-refractivity contribution >= 4 is 23.8 Å². The average molecular weight is 372 g/mol. The van der Waals surface area contributed by atoms with Gasteiger partial charge in [0.15, 0.2) is 0 Å². The van der Waals surface area contributed by atoms with Crippen LogP contribution in [0, 0.1) is 0 Å². The highest BCUT2D eigenvalue weighted by molar-refractivity contribution is 5.74. The molecule has 0 aromatic heterocycles. The lowest BCUT2D eigenvalue weighted by Gasteiger charge is -2.43. The van der Waals surface area contributed by atoms with Crippen molar-refractivity contribution in [3.05, 3.63) is 10.4 Å². The van der Waals surface area contributed by atoms with Crippen LogP contribution < -0.4 is 5.32 Å². The molecule has 0 spiro atoms. The van der Waals surface area contributed by atoms with Crippen LogP contribution in [0.3, 0.4) is 0 Å². The quantitative estimate of drug-likeness (QED) is 0.223. The van der Waals surface area contributed by atoms with Crippen LogP contribution in [0.4, 0.5) is 0 Å². The van der Waals surface area contributed by atoms with Gasteiger partial charge in [0, 0.05) is 32.6 Å². The summed E-state index contributed by atoms with van der Waals surface area (Å²) in [7, 11) is 0. The molecule has 1 unspecified atom stereocenters. The van der Waals surface area contributed by atoms with E-state index in [4.69, 9.17) is 24.5 Å². The lowest BCUT2D eigenvalue weighted by molar-refractivity contribution is -0.242. The molecule has 1 amide bonds. The molecule has 0 saturated carbocycles. The molecule has 12 nitrogen and oxygen atoms in total. The van der Waals surface area contributed by atoms with Crippen LogP contribution >= 0.6 is 0 Å². The van der Waals surface area contributed by atoms with E-state index in [1.54, 1.807) is 0 Å². The number of ether oxygens (including phenoxy) is 4. The van der Waals surface area contributed by atoms with Gasteiger partial charge in [-0.15, -0.1) is 0 Å². The molecular formula is C14H20N4O8. The van der Waals surface area contributed by atoms with E-state index < -0.39 is 54.4 Å². The Balaban J connectivity index is 3.27. The third kappa shape index (κ3) is 6.22. The van der Waals surface area contributed by atoms with Crippen molar-refractivity contribution in [3.63, 3.8) is 0 Å². The number of hydrogen-bond donors (Lipinski definition) is 1. The van der Waals surface area contributed by atoms with Gasteiger partial charge in [0.05, 0.1) is 0 Å². The Labute approximate surface area is 148 Å². The van der Waals surface area contributed by atoms with E-state index in [0.29, 0.717) is 0 Å². The number of azide groups is 1.